The van der Waals surface area contributed by atoms with Crippen LogP contribution in [0.5, 0.6) is 5.75 Å². The average Bonchev–Trinajstić information content (AvgIpc) is 3.41. The fraction of sp³-hybridized carbons (Fsp3) is 0.174. The van der Waals surface area contributed by atoms with Crippen molar-refractivity contribution in [2.24, 2.45) is 0 Å². The van der Waals surface area contributed by atoms with Gasteiger partial charge < -0.3 is 10.1 Å². The van der Waals surface area contributed by atoms with Crippen molar-refractivity contribution in [2.45, 2.75) is 27.1 Å². The molecule has 32 heavy (non-hydrogen) atoms. The summed E-state index contributed by atoms with van der Waals surface area (Å²) in [5.41, 5.74) is 3.18. The SMILES string of the molecule is Cc1ccc(C)c(OCn2ccc(C(=O)Nc3ccn(Cc4c(Cl)cccc4Cl)n3)n2)c1. The molecule has 0 bridgehead atoms. The van der Waals surface area contributed by atoms with Crippen LogP contribution in [0.25, 0.3) is 0 Å². The molecule has 4 aromatic rings. The van der Waals surface area contributed by atoms with E-state index in [1.54, 1.807) is 52.1 Å². The molecule has 2 heterocycles. The predicted molar refractivity (Wildman–Crippen MR) is 125 cm³/mol. The first kappa shape index (κ1) is 21.9. The van der Waals surface area contributed by atoms with E-state index in [4.69, 9.17) is 27.9 Å². The molecular weight excluding hydrogens is 449 g/mol. The lowest BCUT2D eigenvalue weighted by Crippen LogP contribution is -2.15. The second-order valence-electron chi connectivity index (χ2n) is 7.34. The third kappa shape index (κ3) is 5.12. The van der Waals surface area contributed by atoms with Gasteiger partial charge in [-0.3, -0.25) is 9.48 Å². The number of rotatable bonds is 7. The topological polar surface area (TPSA) is 74.0 Å². The number of nitrogens with zero attached hydrogens (tertiary/aromatic N) is 4. The summed E-state index contributed by atoms with van der Waals surface area (Å²) in [6.07, 6.45) is 3.43. The second kappa shape index (κ2) is 9.46. The Bertz CT molecular complexity index is 1240. The van der Waals surface area contributed by atoms with Gasteiger partial charge >= 0.3 is 0 Å². The van der Waals surface area contributed by atoms with Crippen LogP contribution in [0.2, 0.25) is 10.0 Å². The number of carbonyl (C=O) groups is 1. The average molecular weight is 470 g/mol. The summed E-state index contributed by atoms with van der Waals surface area (Å²) < 4.78 is 9.04. The Balaban J connectivity index is 1.37. The molecule has 0 aliphatic carbocycles. The summed E-state index contributed by atoms with van der Waals surface area (Å²) >= 11 is 12.4. The minimum Gasteiger partial charge on any atom is -0.471 e. The molecule has 4 rings (SSSR count). The minimum absolute atomic E-state index is 0.199. The first-order valence-electron chi connectivity index (χ1n) is 9.90. The number of benzene rings is 2. The molecular formula is C23H21Cl2N5O2. The Labute approximate surface area is 195 Å². The number of carbonyl (C=O) groups excluding carboxylic acids is 1. The molecule has 0 unspecified atom stereocenters. The summed E-state index contributed by atoms with van der Waals surface area (Å²) in [4.78, 5) is 12.6. The van der Waals surface area contributed by atoms with Crippen LogP contribution in [0.1, 0.15) is 27.2 Å². The van der Waals surface area contributed by atoms with Crippen molar-refractivity contribution < 1.29 is 9.53 Å². The lowest BCUT2D eigenvalue weighted by molar-refractivity contribution is 0.101. The lowest BCUT2D eigenvalue weighted by Gasteiger charge is -2.09. The van der Waals surface area contributed by atoms with Crippen LogP contribution >= 0.6 is 23.2 Å². The maximum absolute atomic E-state index is 12.6. The summed E-state index contributed by atoms with van der Waals surface area (Å²) in [5.74, 6) is 0.825. The molecule has 0 atom stereocenters. The van der Waals surface area contributed by atoms with Crippen LogP contribution in [0, 0.1) is 13.8 Å². The van der Waals surface area contributed by atoms with Crippen molar-refractivity contribution in [3.05, 3.63) is 93.4 Å². The van der Waals surface area contributed by atoms with Crippen molar-refractivity contribution >= 4 is 34.9 Å². The van der Waals surface area contributed by atoms with E-state index in [-0.39, 0.29) is 18.3 Å². The van der Waals surface area contributed by atoms with E-state index in [1.165, 1.54) is 0 Å². The monoisotopic (exact) mass is 469 g/mol. The molecule has 0 fully saturated rings. The van der Waals surface area contributed by atoms with Crippen molar-refractivity contribution in [1.82, 2.24) is 19.6 Å². The van der Waals surface area contributed by atoms with Crippen molar-refractivity contribution in [2.75, 3.05) is 5.32 Å². The molecule has 1 amide bonds. The molecule has 7 nitrogen and oxygen atoms in total. The van der Waals surface area contributed by atoms with Gasteiger partial charge in [0.05, 0.1) is 6.54 Å². The number of anilines is 1. The molecule has 0 radical (unpaired) electrons. The number of hydrogen-bond donors (Lipinski definition) is 1. The molecule has 2 aromatic carbocycles. The molecule has 0 spiro atoms. The highest BCUT2D eigenvalue weighted by molar-refractivity contribution is 6.35. The number of amides is 1. The standard InChI is InChI=1S/C23H21Cl2N5O2/c1-15-6-7-16(2)21(12-15)32-14-30-10-8-20(27-30)23(31)26-22-9-11-29(28-22)13-17-18(24)4-3-5-19(17)25/h3-12H,13-14H2,1-2H3,(H,26,28,31). The predicted octanol–water partition coefficient (Wildman–Crippen LogP) is 5.34. The van der Waals surface area contributed by atoms with Gasteiger partial charge in [0.15, 0.2) is 18.2 Å². The van der Waals surface area contributed by atoms with E-state index in [0.29, 0.717) is 22.4 Å². The van der Waals surface area contributed by atoms with Crippen LogP contribution in [-0.4, -0.2) is 25.5 Å². The molecule has 0 aliphatic heterocycles. The van der Waals surface area contributed by atoms with Gasteiger partial charge in [-0.1, -0.05) is 41.4 Å². The molecule has 1 N–H and O–H groups in total. The molecule has 0 saturated heterocycles. The van der Waals surface area contributed by atoms with E-state index in [9.17, 15) is 4.79 Å². The third-order valence-electron chi connectivity index (χ3n) is 4.83. The number of hydrogen-bond acceptors (Lipinski definition) is 4. The lowest BCUT2D eigenvalue weighted by atomic mass is 10.1. The van der Waals surface area contributed by atoms with Crippen molar-refractivity contribution in [1.29, 1.82) is 0 Å². The zero-order valence-corrected chi connectivity index (χ0v) is 19.1. The maximum Gasteiger partial charge on any atom is 0.277 e. The molecule has 0 saturated carbocycles. The van der Waals surface area contributed by atoms with E-state index in [1.807, 2.05) is 32.0 Å². The third-order valence-corrected chi connectivity index (χ3v) is 5.54. The normalized spacial score (nSPS) is 10.9. The van der Waals surface area contributed by atoms with Gasteiger partial charge in [-0.2, -0.15) is 10.2 Å². The summed E-state index contributed by atoms with van der Waals surface area (Å²) in [6.45, 7) is 4.58. The largest absolute Gasteiger partial charge is 0.471 e. The number of aromatic nitrogens is 4. The Morgan fingerprint density at radius 2 is 1.75 bits per heavy atom. The molecule has 0 aliphatic rings. The Hall–Kier alpha value is -3.29. The first-order chi connectivity index (χ1) is 15.4. The number of aryl methyl sites for hydroxylation is 2. The van der Waals surface area contributed by atoms with Crippen molar-refractivity contribution in [3.8, 4) is 5.75 Å². The van der Waals surface area contributed by atoms with Gasteiger partial charge in [0, 0.05) is 34.1 Å². The summed E-state index contributed by atoms with van der Waals surface area (Å²) in [5, 5.41) is 12.5. The number of ether oxygens (including phenoxy) is 1. The smallest absolute Gasteiger partial charge is 0.277 e. The Kier molecular flexibility index (Phi) is 6.48. The number of nitrogens with one attached hydrogen (secondary N) is 1. The van der Waals surface area contributed by atoms with Gasteiger partial charge in [0.2, 0.25) is 0 Å². The van der Waals surface area contributed by atoms with Gasteiger partial charge in [0.25, 0.3) is 5.91 Å². The Morgan fingerprint density at radius 3 is 2.53 bits per heavy atom. The van der Waals surface area contributed by atoms with Gasteiger partial charge in [-0.05, 0) is 49.2 Å². The zero-order chi connectivity index (χ0) is 22.7. The van der Waals surface area contributed by atoms with E-state index in [0.717, 1.165) is 22.4 Å². The van der Waals surface area contributed by atoms with Crippen LogP contribution < -0.4 is 10.1 Å². The van der Waals surface area contributed by atoms with Crippen molar-refractivity contribution in [3.63, 3.8) is 0 Å². The fourth-order valence-electron chi connectivity index (χ4n) is 3.10. The van der Waals surface area contributed by atoms with E-state index in [2.05, 4.69) is 15.5 Å². The van der Waals surface area contributed by atoms with Gasteiger partial charge in [0.1, 0.15) is 5.75 Å². The van der Waals surface area contributed by atoms with Gasteiger partial charge in [-0.25, -0.2) is 4.68 Å². The van der Waals surface area contributed by atoms with Gasteiger partial charge in [-0.15, -0.1) is 0 Å². The van der Waals surface area contributed by atoms with E-state index >= 15 is 0 Å². The molecule has 2 aromatic heterocycles. The minimum atomic E-state index is -0.364. The second-order valence-corrected chi connectivity index (χ2v) is 8.15. The first-order valence-corrected chi connectivity index (χ1v) is 10.7. The molecule has 9 heteroatoms. The highest BCUT2D eigenvalue weighted by Crippen LogP contribution is 2.25. The quantitative estimate of drug-likeness (QED) is 0.396. The summed E-state index contributed by atoms with van der Waals surface area (Å²) in [6, 6.07) is 14.7. The van der Waals surface area contributed by atoms with Crippen LogP contribution in [0.4, 0.5) is 5.82 Å². The Morgan fingerprint density at radius 1 is 1.00 bits per heavy atom. The summed E-state index contributed by atoms with van der Waals surface area (Å²) in [7, 11) is 0. The zero-order valence-electron chi connectivity index (χ0n) is 17.5. The fourth-order valence-corrected chi connectivity index (χ4v) is 3.61. The maximum atomic E-state index is 12.6. The highest BCUT2D eigenvalue weighted by Gasteiger charge is 2.13. The number of halogens is 2. The van der Waals surface area contributed by atoms with Crippen LogP contribution in [-0.2, 0) is 13.3 Å². The van der Waals surface area contributed by atoms with Crippen LogP contribution in [0.3, 0.4) is 0 Å². The molecule has 164 valence electrons. The highest BCUT2D eigenvalue weighted by atomic mass is 35.5. The van der Waals surface area contributed by atoms with E-state index < -0.39 is 0 Å². The van der Waals surface area contributed by atoms with Crippen LogP contribution in [0.15, 0.2) is 60.9 Å².